The summed E-state index contributed by atoms with van der Waals surface area (Å²) in [5, 5.41) is 13.1. The van der Waals surface area contributed by atoms with Crippen LogP contribution in [0.25, 0.3) is 0 Å². The van der Waals surface area contributed by atoms with Crippen molar-refractivity contribution in [1.82, 2.24) is 5.32 Å². The molecule has 0 aromatic rings. The molecule has 0 saturated carbocycles. The van der Waals surface area contributed by atoms with Gasteiger partial charge in [0, 0.05) is 18.9 Å². The van der Waals surface area contributed by atoms with Crippen LogP contribution in [0, 0.1) is 0 Å². The number of quaternary nitrogens is 1. The van der Waals surface area contributed by atoms with Gasteiger partial charge in [0.15, 0.2) is 0 Å². The molecule has 0 spiro atoms. The lowest BCUT2D eigenvalue weighted by Crippen LogP contribution is -2.41. The molecule has 1 N–H and O–H groups in total. The van der Waals surface area contributed by atoms with Gasteiger partial charge >= 0.3 is 0 Å². The molecule has 0 rings (SSSR count). The van der Waals surface area contributed by atoms with Crippen LogP contribution < -0.4 is 10.4 Å². The lowest BCUT2D eigenvalue weighted by molar-refractivity contribution is -0.890. The van der Waals surface area contributed by atoms with Crippen LogP contribution in [0.4, 0.5) is 0 Å². The van der Waals surface area contributed by atoms with E-state index in [1.807, 2.05) is 0 Å². The first-order valence-electron chi connectivity index (χ1n) is 6.79. The Morgan fingerprint density at radius 1 is 1.16 bits per heavy atom. The minimum Gasteiger partial charge on any atom is -0.550 e. The molecule has 110 valence electrons. The average molecular weight is 270 g/mol. The Morgan fingerprint density at radius 3 is 2.37 bits per heavy atom. The lowest BCUT2D eigenvalue weighted by atomic mass is 10.2. The van der Waals surface area contributed by atoms with Gasteiger partial charge in [0.05, 0.1) is 27.2 Å². The van der Waals surface area contributed by atoms with Gasteiger partial charge < -0.3 is 19.7 Å². The van der Waals surface area contributed by atoms with Crippen molar-refractivity contribution in [2.24, 2.45) is 0 Å². The highest BCUT2D eigenvalue weighted by molar-refractivity contribution is 5.86. The van der Waals surface area contributed by atoms with E-state index < -0.39 is 5.97 Å². The number of aliphatic carboxylic acids is 1. The van der Waals surface area contributed by atoms with E-state index >= 15 is 0 Å². The summed E-state index contributed by atoms with van der Waals surface area (Å²) in [6, 6.07) is 0. The largest absolute Gasteiger partial charge is 0.550 e. The molecular weight excluding hydrogens is 244 g/mol. The highest BCUT2D eigenvalue weighted by Gasteiger charge is 2.13. The van der Waals surface area contributed by atoms with Crippen LogP contribution in [0.5, 0.6) is 0 Å². The third-order valence-corrected chi connectivity index (χ3v) is 3.07. The van der Waals surface area contributed by atoms with Crippen LogP contribution in [0.1, 0.15) is 32.1 Å². The zero-order chi connectivity index (χ0) is 14.7. The maximum atomic E-state index is 10.9. The Labute approximate surface area is 115 Å². The standard InChI is InChI=1S/C14H26N2O3/c1-4-13(17)15-10-6-5-7-11-16(2,3)12-8-9-14(18)19/h4H,1,5-12H2,2-3H3,(H-,15,17,18,19). The molecule has 5 heteroatoms. The summed E-state index contributed by atoms with van der Waals surface area (Å²) in [5.74, 6) is -1.10. The number of hydrogen-bond donors (Lipinski definition) is 1. The second-order valence-electron chi connectivity index (χ2n) is 5.41. The fourth-order valence-electron chi connectivity index (χ4n) is 1.89. The number of nitrogens with zero attached hydrogens (tertiary/aromatic N) is 1. The summed E-state index contributed by atoms with van der Waals surface area (Å²) >= 11 is 0. The van der Waals surface area contributed by atoms with Crippen molar-refractivity contribution >= 4 is 11.9 Å². The highest BCUT2D eigenvalue weighted by atomic mass is 16.4. The summed E-state index contributed by atoms with van der Waals surface area (Å²) < 4.78 is 0.826. The number of carboxylic acid groups (broad SMARTS) is 1. The third kappa shape index (κ3) is 11.5. The fourth-order valence-corrected chi connectivity index (χ4v) is 1.89. The minimum absolute atomic E-state index is 0.126. The zero-order valence-corrected chi connectivity index (χ0v) is 12.1. The van der Waals surface area contributed by atoms with E-state index in [0.717, 1.165) is 36.8 Å². The number of nitrogens with one attached hydrogen (secondary N) is 1. The van der Waals surface area contributed by atoms with E-state index in [0.29, 0.717) is 13.0 Å². The van der Waals surface area contributed by atoms with Gasteiger partial charge in [-0.2, -0.15) is 0 Å². The number of hydrogen-bond acceptors (Lipinski definition) is 3. The number of unbranched alkanes of at least 4 members (excludes halogenated alkanes) is 2. The van der Waals surface area contributed by atoms with Crippen LogP contribution >= 0.6 is 0 Å². The smallest absolute Gasteiger partial charge is 0.243 e. The van der Waals surface area contributed by atoms with Gasteiger partial charge in [-0.25, -0.2) is 0 Å². The van der Waals surface area contributed by atoms with Gasteiger partial charge in [0.1, 0.15) is 0 Å². The molecule has 0 aromatic carbocycles. The summed E-state index contributed by atoms with van der Waals surface area (Å²) in [6.07, 6.45) is 5.15. The van der Waals surface area contributed by atoms with E-state index in [2.05, 4.69) is 26.0 Å². The minimum atomic E-state index is -0.974. The van der Waals surface area contributed by atoms with E-state index in [1.54, 1.807) is 0 Å². The maximum absolute atomic E-state index is 10.9. The van der Waals surface area contributed by atoms with Crippen molar-refractivity contribution in [1.29, 1.82) is 0 Å². The molecule has 1 amide bonds. The Kier molecular flexibility index (Phi) is 8.87. The number of carboxylic acids is 1. The molecular formula is C14H26N2O3. The summed E-state index contributed by atoms with van der Waals surface area (Å²) in [7, 11) is 4.21. The molecule has 0 unspecified atom stereocenters. The molecule has 0 aliphatic rings. The molecule has 0 atom stereocenters. The van der Waals surface area contributed by atoms with E-state index in [1.165, 1.54) is 6.08 Å². The van der Waals surface area contributed by atoms with Gasteiger partial charge in [0.2, 0.25) is 5.91 Å². The second kappa shape index (κ2) is 9.55. The van der Waals surface area contributed by atoms with E-state index in [9.17, 15) is 14.7 Å². The topological polar surface area (TPSA) is 69.2 Å². The molecule has 5 nitrogen and oxygen atoms in total. The quantitative estimate of drug-likeness (QED) is 0.328. The summed E-state index contributed by atoms with van der Waals surface area (Å²) in [5.41, 5.74) is 0. The predicted octanol–water partition coefficient (Wildman–Crippen LogP) is 0.0654. The van der Waals surface area contributed by atoms with Crippen LogP contribution in [0.15, 0.2) is 12.7 Å². The molecule has 0 aliphatic heterocycles. The monoisotopic (exact) mass is 270 g/mol. The van der Waals surface area contributed by atoms with Crippen molar-refractivity contribution in [3.63, 3.8) is 0 Å². The molecule has 0 saturated heterocycles. The number of amides is 1. The van der Waals surface area contributed by atoms with Crippen molar-refractivity contribution in [2.45, 2.75) is 32.1 Å². The summed E-state index contributed by atoms with van der Waals surface area (Å²) in [6.45, 7) is 5.94. The Hall–Kier alpha value is -1.36. The average Bonchev–Trinajstić information content (AvgIpc) is 2.32. The van der Waals surface area contributed by atoms with Gasteiger partial charge in [0.25, 0.3) is 0 Å². The van der Waals surface area contributed by atoms with Crippen molar-refractivity contribution in [3.8, 4) is 0 Å². The van der Waals surface area contributed by atoms with Crippen molar-refractivity contribution < 1.29 is 19.2 Å². The molecule has 0 aliphatic carbocycles. The Bertz CT molecular complexity index is 301. The number of carbonyl (C=O) groups excluding carboxylic acids is 2. The van der Waals surface area contributed by atoms with Crippen LogP contribution in [-0.4, -0.2) is 50.1 Å². The SMILES string of the molecule is C=CC(=O)NCCCCC[N+](C)(C)CCCC(=O)[O-]. The van der Waals surface area contributed by atoms with Gasteiger partial charge in [-0.05, 0) is 31.8 Å². The fraction of sp³-hybridized carbons (Fsp3) is 0.714. The van der Waals surface area contributed by atoms with Gasteiger partial charge in [-0.15, -0.1) is 0 Å². The maximum Gasteiger partial charge on any atom is 0.243 e. The zero-order valence-electron chi connectivity index (χ0n) is 12.1. The second-order valence-corrected chi connectivity index (χ2v) is 5.41. The predicted molar refractivity (Wildman–Crippen MR) is 73.1 cm³/mol. The highest BCUT2D eigenvalue weighted by Crippen LogP contribution is 2.06. The molecule has 0 radical (unpaired) electrons. The first-order chi connectivity index (χ1) is 8.87. The third-order valence-electron chi connectivity index (χ3n) is 3.07. The first kappa shape index (κ1) is 17.6. The molecule has 19 heavy (non-hydrogen) atoms. The normalized spacial score (nSPS) is 11.1. The van der Waals surface area contributed by atoms with Crippen molar-refractivity contribution in [3.05, 3.63) is 12.7 Å². The van der Waals surface area contributed by atoms with Gasteiger partial charge in [-0.3, -0.25) is 4.79 Å². The molecule has 0 aromatic heterocycles. The molecule has 0 heterocycles. The number of carbonyl (C=O) groups is 2. The molecule has 0 bridgehead atoms. The first-order valence-corrected chi connectivity index (χ1v) is 6.79. The lowest BCUT2D eigenvalue weighted by Gasteiger charge is -2.30. The van der Waals surface area contributed by atoms with Gasteiger partial charge in [-0.1, -0.05) is 6.58 Å². The number of rotatable bonds is 11. The van der Waals surface area contributed by atoms with Crippen LogP contribution in [0.3, 0.4) is 0 Å². The van der Waals surface area contributed by atoms with E-state index in [4.69, 9.17) is 0 Å². The Morgan fingerprint density at radius 2 is 1.79 bits per heavy atom. The summed E-state index contributed by atoms with van der Waals surface area (Å²) in [4.78, 5) is 21.2. The van der Waals surface area contributed by atoms with Crippen LogP contribution in [-0.2, 0) is 9.59 Å². The van der Waals surface area contributed by atoms with Crippen LogP contribution in [0.2, 0.25) is 0 Å². The van der Waals surface area contributed by atoms with E-state index in [-0.39, 0.29) is 12.3 Å². The molecule has 0 fully saturated rings. The van der Waals surface area contributed by atoms with Crippen molar-refractivity contribution in [2.75, 3.05) is 33.7 Å². The Balaban J connectivity index is 3.54.